The summed E-state index contributed by atoms with van der Waals surface area (Å²) in [5, 5.41) is 0. The summed E-state index contributed by atoms with van der Waals surface area (Å²) in [6.07, 6.45) is 1.90. The van der Waals surface area contributed by atoms with Crippen molar-refractivity contribution in [2.24, 2.45) is 0 Å². The molecule has 0 radical (unpaired) electrons. The van der Waals surface area contributed by atoms with Crippen molar-refractivity contribution in [2.45, 2.75) is 6.92 Å². The molecular formula is C21H30N6O. The number of methoxy groups -OCH3 is 1. The van der Waals surface area contributed by atoms with Gasteiger partial charge in [-0.2, -0.15) is 4.98 Å². The highest BCUT2D eigenvalue weighted by molar-refractivity contribution is 5.51. The molecule has 7 nitrogen and oxygen atoms in total. The van der Waals surface area contributed by atoms with Gasteiger partial charge in [-0.15, -0.1) is 0 Å². The molecule has 1 aromatic carbocycles. The van der Waals surface area contributed by atoms with Crippen molar-refractivity contribution in [3.8, 4) is 5.75 Å². The van der Waals surface area contributed by atoms with Crippen LogP contribution in [0.3, 0.4) is 0 Å². The van der Waals surface area contributed by atoms with Crippen LogP contribution in [0, 0.1) is 0 Å². The van der Waals surface area contributed by atoms with Gasteiger partial charge in [0.1, 0.15) is 11.6 Å². The van der Waals surface area contributed by atoms with Crippen LogP contribution in [0.5, 0.6) is 5.75 Å². The summed E-state index contributed by atoms with van der Waals surface area (Å²) in [6.45, 7) is 11.4. The van der Waals surface area contributed by atoms with Crippen LogP contribution in [0.1, 0.15) is 6.92 Å². The van der Waals surface area contributed by atoms with E-state index in [9.17, 15) is 0 Å². The first-order valence-electron chi connectivity index (χ1n) is 10.2. The van der Waals surface area contributed by atoms with Crippen LogP contribution >= 0.6 is 0 Å². The smallest absolute Gasteiger partial charge is 0.227 e. The Balaban J connectivity index is 1.36. The Bertz CT molecular complexity index is 752. The normalized spacial score (nSPS) is 18.4. The Morgan fingerprint density at radius 1 is 0.821 bits per heavy atom. The summed E-state index contributed by atoms with van der Waals surface area (Å²) in [7, 11) is 1.70. The number of rotatable bonds is 5. The van der Waals surface area contributed by atoms with E-state index in [1.54, 1.807) is 7.11 Å². The molecule has 0 N–H and O–H groups in total. The Morgan fingerprint density at radius 3 is 2.11 bits per heavy atom. The molecule has 0 unspecified atom stereocenters. The Hall–Kier alpha value is -2.54. The van der Waals surface area contributed by atoms with E-state index in [1.165, 1.54) is 5.69 Å². The van der Waals surface area contributed by atoms with Crippen LogP contribution in [-0.4, -0.2) is 80.9 Å². The standard InChI is InChI=1S/C21H30N6O/c1-3-24-10-12-26(13-11-24)20-8-9-22-21(23-20)27-16-14-25(15-17-27)18-4-6-19(28-2)7-5-18/h4-9H,3,10-17H2,1-2H3. The lowest BCUT2D eigenvalue weighted by molar-refractivity contribution is 0.270. The van der Waals surface area contributed by atoms with Crippen LogP contribution < -0.4 is 19.4 Å². The molecule has 0 amide bonds. The third-order valence-electron chi connectivity index (χ3n) is 5.77. The molecule has 1 aromatic heterocycles. The van der Waals surface area contributed by atoms with Gasteiger partial charge in [0.25, 0.3) is 0 Å². The molecule has 2 aliphatic heterocycles. The van der Waals surface area contributed by atoms with Gasteiger partial charge in [-0.3, -0.25) is 0 Å². The highest BCUT2D eigenvalue weighted by Gasteiger charge is 2.21. The minimum atomic E-state index is 0.852. The van der Waals surface area contributed by atoms with Gasteiger partial charge in [0.05, 0.1) is 7.11 Å². The molecular weight excluding hydrogens is 352 g/mol. The molecule has 0 aliphatic carbocycles. The van der Waals surface area contributed by atoms with Crippen LogP contribution in [-0.2, 0) is 0 Å². The average molecular weight is 383 g/mol. The SMILES string of the molecule is CCN1CCN(c2ccnc(N3CCN(c4ccc(OC)cc4)CC3)n2)CC1. The summed E-state index contributed by atoms with van der Waals surface area (Å²) in [6, 6.07) is 10.3. The van der Waals surface area contributed by atoms with Crippen molar-refractivity contribution in [3.63, 3.8) is 0 Å². The van der Waals surface area contributed by atoms with Gasteiger partial charge in [0.2, 0.25) is 5.95 Å². The molecule has 3 heterocycles. The van der Waals surface area contributed by atoms with E-state index in [1.807, 2.05) is 24.4 Å². The minimum absolute atomic E-state index is 0.852. The second-order valence-corrected chi connectivity index (χ2v) is 7.31. The van der Waals surface area contributed by atoms with Crippen molar-refractivity contribution in [3.05, 3.63) is 36.5 Å². The summed E-state index contributed by atoms with van der Waals surface area (Å²) >= 11 is 0. The first-order chi connectivity index (χ1) is 13.8. The third kappa shape index (κ3) is 4.14. The van der Waals surface area contributed by atoms with Crippen molar-refractivity contribution in [2.75, 3.05) is 80.7 Å². The number of anilines is 3. The molecule has 7 heteroatoms. The Kier molecular flexibility index (Phi) is 5.81. The van der Waals surface area contributed by atoms with Crippen molar-refractivity contribution in [1.82, 2.24) is 14.9 Å². The summed E-state index contributed by atoms with van der Waals surface area (Å²) in [5.74, 6) is 2.80. The van der Waals surface area contributed by atoms with Crippen molar-refractivity contribution in [1.29, 1.82) is 0 Å². The lowest BCUT2D eigenvalue weighted by Gasteiger charge is -2.37. The lowest BCUT2D eigenvalue weighted by atomic mass is 10.2. The lowest BCUT2D eigenvalue weighted by Crippen LogP contribution is -2.48. The zero-order chi connectivity index (χ0) is 19.3. The van der Waals surface area contributed by atoms with Gasteiger partial charge < -0.3 is 24.3 Å². The van der Waals surface area contributed by atoms with Gasteiger partial charge in [0, 0.05) is 64.2 Å². The number of nitrogens with zero attached hydrogens (tertiary/aromatic N) is 6. The van der Waals surface area contributed by atoms with E-state index in [2.05, 4.69) is 43.6 Å². The number of ether oxygens (including phenoxy) is 1. The molecule has 4 rings (SSSR count). The zero-order valence-electron chi connectivity index (χ0n) is 16.9. The molecule has 2 aliphatic rings. The van der Waals surface area contributed by atoms with E-state index in [0.717, 1.165) is 76.4 Å². The zero-order valence-corrected chi connectivity index (χ0v) is 16.9. The van der Waals surface area contributed by atoms with Gasteiger partial charge in [0.15, 0.2) is 0 Å². The van der Waals surface area contributed by atoms with Crippen molar-refractivity contribution < 1.29 is 4.74 Å². The molecule has 28 heavy (non-hydrogen) atoms. The van der Waals surface area contributed by atoms with E-state index in [-0.39, 0.29) is 0 Å². The second-order valence-electron chi connectivity index (χ2n) is 7.31. The van der Waals surface area contributed by atoms with Crippen molar-refractivity contribution >= 4 is 17.5 Å². The van der Waals surface area contributed by atoms with E-state index in [4.69, 9.17) is 9.72 Å². The van der Waals surface area contributed by atoms with Gasteiger partial charge >= 0.3 is 0 Å². The number of likely N-dealkylation sites (N-methyl/N-ethyl adjacent to an activating group) is 1. The molecule has 2 aromatic rings. The van der Waals surface area contributed by atoms with Crippen LogP contribution in [0.2, 0.25) is 0 Å². The van der Waals surface area contributed by atoms with E-state index < -0.39 is 0 Å². The topological polar surface area (TPSA) is 48.0 Å². The van der Waals surface area contributed by atoms with Crippen LogP contribution in [0.15, 0.2) is 36.5 Å². The molecule has 2 saturated heterocycles. The number of piperazine rings is 2. The highest BCUT2D eigenvalue weighted by atomic mass is 16.5. The summed E-state index contributed by atoms with van der Waals surface area (Å²) in [4.78, 5) is 19.0. The number of benzene rings is 1. The molecule has 0 bridgehead atoms. The third-order valence-corrected chi connectivity index (χ3v) is 5.77. The van der Waals surface area contributed by atoms with E-state index in [0.29, 0.717) is 0 Å². The predicted octanol–water partition coefficient (Wildman–Crippen LogP) is 1.95. The largest absolute Gasteiger partial charge is 0.497 e. The maximum absolute atomic E-state index is 5.25. The quantitative estimate of drug-likeness (QED) is 0.783. The second kappa shape index (κ2) is 8.65. The molecule has 2 fully saturated rings. The number of aromatic nitrogens is 2. The molecule has 0 saturated carbocycles. The number of hydrogen-bond acceptors (Lipinski definition) is 7. The average Bonchev–Trinajstić information content (AvgIpc) is 2.79. The Labute approximate surface area is 167 Å². The number of hydrogen-bond donors (Lipinski definition) is 0. The fourth-order valence-electron chi connectivity index (χ4n) is 3.92. The maximum Gasteiger partial charge on any atom is 0.227 e. The molecule has 150 valence electrons. The maximum atomic E-state index is 5.25. The molecule has 0 atom stereocenters. The fourth-order valence-corrected chi connectivity index (χ4v) is 3.92. The van der Waals surface area contributed by atoms with E-state index >= 15 is 0 Å². The monoisotopic (exact) mass is 382 g/mol. The molecule has 0 spiro atoms. The highest BCUT2D eigenvalue weighted by Crippen LogP contribution is 2.22. The first kappa shape index (κ1) is 18.8. The summed E-state index contributed by atoms with van der Waals surface area (Å²) < 4.78 is 5.25. The van der Waals surface area contributed by atoms with Gasteiger partial charge in [-0.1, -0.05) is 6.92 Å². The fraction of sp³-hybridized carbons (Fsp3) is 0.524. The minimum Gasteiger partial charge on any atom is -0.497 e. The summed E-state index contributed by atoms with van der Waals surface area (Å²) in [5.41, 5.74) is 1.24. The van der Waals surface area contributed by atoms with Crippen LogP contribution in [0.4, 0.5) is 17.5 Å². The van der Waals surface area contributed by atoms with Crippen LogP contribution in [0.25, 0.3) is 0 Å². The van der Waals surface area contributed by atoms with Gasteiger partial charge in [-0.05, 0) is 36.9 Å². The first-order valence-corrected chi connectivity index (χ1v) is 10.2. The Morgan fingerprint density at radius 2 is 1.46 bits per heavy atom. The van der Waals surface area contributed by atoms with Gasteiger partial charge in [-0.25, -0.2) is 4.98 Å². The predicted molar refractivity (Wildman–Crippen MR) is 114 cm³/mol.